The van der Waals surface area contributed by atoms with Gasteiger partial charge in [0, 0.05) is 6.20 Å². The molecule has 0 aliphatic rings. The minimum atomic E-state index is 0.879. The van der Waals surface area contributed by atoms with Crippen LogP contribution in [0.4, 0.5) is 5.69 Å². The summed E-state index contributed by atoms with van der Waals surface area (Å²) in [5.41, 5.74) is 4.84. The van der Waals surface area contributed by atoms with Crippen molar-refractivity contribution >= 4 is 11.9 Å². The van der Waals surface area contributed by atoms with Crippen molar-refractivity contribution in [2.45, 2.75) is 0 Å². The number of nitrogens with zero attached hydrogens (tertiary/aromatic N) is 2. The third kappa shape index (κ3) is 2.91. The molecule has 1 aromatic heterocycles. The fourth-order valence-corrected chi connectivity index (χ4v) is 1.15. The highest BCUT2D eigenvalue weighted by atomic mass is 15.3. The lowest BCUT2D eigenvalue weighted by Gasteiger charge is -1.97. The van der Waals surface area contributed by atoms with Crippen LogP contribution in [0.15, 0.2) is 60.0 Å². The second-order valence-corrected chi connectivity index (χ2v) is 3.02. The van der Waals surface area contributed by atoms with Crippen LogP contribution in [0.5, 0.6) is 0 Å². The molecule has 0 fully saturated rings. The molecule has 3 heteroatoms. The summed E-state index contributed by atoms with van der Waals surface area (Å²) >= 11 is 0. The lowest BCUT2D eigenvalue weighted by molar-refractivity contribution is 1.27. The third-order valence-electron chi connectivity index (χ3n) is 1.87. The highest BCUT2D eigenvalue weighted by molar-refractivity contribution is 5.79. The summed E-state index contributed by atoms with van der Waals surface area (Å²) < 4.78 is 0. The molecule has 74 valence electrons. The maximum absolute atomic E-state index is 4.10. The Kier molecular flexibility index (Phi) is 3.07. The van der Waals surface area contributed by atoms with Gasteiger partial charge in [0.15, 0.2) is 0 Å². The fourth-order valence-electron chi connectivity index (χ4n) is 1.15. The number of aromatic nitrogens is 1. The number of hydrogen-bond donors (Lipinski definition) is 1. The number of nitrogens with one attached hydrogen (secondary N) is 1. The van der Waals surface area contributed by atoms with E-state index in [9.17, 15) is 0 Å². The Morgan fingerprint density at radius 1 is 1.07 bits per heavy atom. The second-order valence-electron chi connectivity index (χ2n) is 3.02. The molecule has 0 saturated heterocycles. The summed E-state index contributed by atoms with van der Waals surface area (Å²) in [6, 6.07) is 13.7. The Morgan fingerprint density at radius 2 is 1.93 bits per heavy atom. The monoisotopic (exact) mass is 197 g/mol. The van der Waals surface area contributed by atoms with Gasteiger partial charge in [-0.3, -0.25) is 10.4 Å². The maximum Gasteiger partial charge on any atom is 0.0745 e. The Balaban J connectivity index is 1.97. The first-order valence-electron chi connectivity index (χ1n) is 4.69. The summed E-state index contributed by atoms with van der Waals surface area (Å²) in [6.45, 7) is 0. The van der Waals surface area contributed by atoms with E-state index in [1.165, 1.54) is 0 Å². The van der Waals surface area contributed by atoms with Crippen LogP contribution in [0.3, 0.4) is 0 Å². The van der Waals surface area contributed by atoms with Crippen LogP contribution in [0.25, 0.3) is 0 Å². The van der Waals surface area contributed by atoms with Gasteiger partial charge in [-0.1, -0.05) is 30.3 Å². The molecule has 0 radical (unpaired) electrons. The normalized spacial score (nSPS) is 10.4. The number of benzene rings is 1. The molecule has 0 unspecified atom stereocenters. The molecule has 2 aromatic rings. The first kappa shape index (κ1) is 9.40. The maximum atomic E-state index is 4.10. The van der Waals surface area contributed by atoms with Crippen LogP contribution in [-0.4, -0.2) is 11.2 Å². The van der Waals surface area contributed by atoms with Crippen molar-refractivity contribution in [3.8, 4) is 0 Å². The average Bonchev–Trinajstić information content (AvgIpc) is 2.32. The standard InChI is InChI=1S/C12H11N3/c1-2-5-11(6-3-1)9-14-15-12-7-4-8-13-10-12/h1-10,15H. The van der Waals surface area contributed by atoms with Crippen LogP contribution in [-0.2, 0) is 0 Å². The van der Waals surface area contributed by atoms with Crippen LogP contribution in [0.1, 0.15) is 5.56 Å². The molecule has 3 nitrogen and oxygen atoms in total. The first-order chi connectivity index (χ1) is 7.45. The van der Waals surface area contributed by atoms with Crippen LogP contribution < -0.4 is 5.43 Å². The third-order valence-corrected chi connectivity index (χ3v) is 1.87. The number of hydrazone groups is 1. The highest BCUT2D eigenvalue weighted by Gasteiger charge is 1.86. The van der Waals surface area contributed by atoms with Crippen molar-refractivity contribution in [1.82, 2.24) is 4.98 Å². The summed E-state index contributed by atoms with van der Waals surface area (Å²) in [7, 11) is 0. The van der Waals surface area contributed by atoms with E-state index in [1.54, 1.807) is 18.6 Å². The minimum absolute atomic E-state index is 0.879. The summed E-state index contributed by atoms with van der Waals surface area (Å²) in [5, 5.41) is 4.10. The first-order valence-corrected chi connectivity index (χ1v) is 4.69. The Hall–Kier alpha value is -2.16. The molecule has 1 aromatic carbocycles. The van der Waals surface area contributed by atoms with Gasteiger partial charge in [-0.05, 0) is 17.7 Å². The molecule has 2 rings (SSSR count). The van der Waals surface area contributed by atoms with Gasteiger partial charge in [0.05, 0.1) is 18.1 Å². The molecule has 0 aliphatic carbocycles. The van der Waals surface area contributed by atoms with Gasteiger partial charge in [-0.2, -0.15) is 5.10 Å². The zero-order valence-corrected chi connectivity index (χ0v) is 8.17. The van der Waals surface area contributed by atoms with Crippen molar-refractivity contribution < 1.29 is 0 Å². The van der Waals surface area contributed by atoms with E-state index in [1.807, 2.05) is 42.5 Å². The Labute approximate surface area is 88.5 Å². The lowest BCUT2D eigenvalue weighted by Crippen LogP contribution is -1.90. The van der Waals surface area contributed by atoms with E-state index in [0.717, 1.165) is 11.3 Å². The SMILES string of the molecule is C(=NNc1cccnc1)c1ccccc1. The molecular formula is C12H11N3. The smallest absolute Gasteiger partial charge is 0.0745 e. The van der Waals surface area contributed by atoms with Crippen molar-refractivity contribution in [2.75, 3.05) is 5.43 Å². The molecule has 0 bridgehead atoms. The quantitative estimate of drug-likeness (QED) is 0.606. The molecule has 15 heavy (non-hydrogen) atoms. The minimum Gasteiger partial charge on any atom is -0.277 e. The van der Waals surface area contributed by atoms with Crippen molar-refractivity contribution in [1.29, 1.82) is 0 Å². The van der Waals surface area contributed by atoms with Gasteiger partial charge in [0.1, 0.15) is 0 Å². The van der Waals surface area contributed by atoms with Gasteiger partial charge >= 0.3 is 0 Å². The van der Waals surface area contributed by atoms with Crippen molar-refractivity contribution in [3.63, 3.8) is 0 Å². The zero-order chi connectivity index (χ0) is 10.3. The molecule has 0 saturated carbocycles. The predicted molar refractivity (Wildman–Crippen MR) is 61.9 cm³/mol. The molecule has 0 aliphatic heterocycles. The summed E-state index contributed by atoms with van der Waals surface area (Å²) in [5.74, 6) is 0. The largest absolute Gasteiger partial charge is 0.277 e. The molecule has 0 amide bonds. The molecule has 1 heterocycles. The van der Waals surface area contributed by atoms with Crippen molar-refractivity contribution in [3.05, 3.63) is 60.4 Å². The lowest BCUT2D eigenvalue weighted by atomic mass is 10.2. The van der Waals surface area contributed by atoms with Crippen molar-refractivity contribution in [2.24, 2.45) is 5.10 Å². The molecule has 0 spiro atoms. The number of pyridine rings is 1. The Morgan fingerprint density at radius 3 is 2.67 bits per heavy atom. The van der Waals surface area contributed by atoms with E-state index in [2.05, 4.69) is 15.5 Å². The number of hydrogen-bond acceptors (Lipinski definition) is 3. The topological polar surface area (TPSA) is 37.3 Å². The average molecular weight is 197 g/mol. The molecule has 0 atom stereocenters. The van der Waals surface area contributed by atoms with E-state index in [0.29, 0.717) is 0 Å². The summed E-state index contributed by atoms with van der Waals surface area (Å²) in [6.07, 6.45) is 5.22. The highest BCUT2D eigenvalue weighted by Crippen LogP contribution is 2.02. The number of rotatable bonds is 3. The van der Waals surface area contributed by atoms with E-state index in [-0.39, 0.29) is 0 Å². The van der Waals surface area contributed by atoms with Gasteiger partial charge in [-0.15, -0.1) is 0 Å². The van der Waals surface area contributed by atoms with Crippen LogP contribution >= 0.6 is 0 Å². The van der Waals surface area contributed by atoms with E-state index < -0.39 is 0 Å². The predicted octanol–water partition coefficient (Wildman–Crippen LogP) is 2.53. The zero-order valence-electron chi connectivity index (χ0n) is 8.17. The van der Waals surface area contributed by atoms with E-state index >= 15 is 0 Å². The van der Waals surface area contributed by atoms with Gasteiger partial charge in [0.2, 0.25) is 0 Å². The van der Waals surface area contributed by atoms with Gasteiger partial charge in [0.25, 0.3) is 0 Å². The molecule has 1 N–H and O–H groups in total. The molecular weight excluding hydrogens is 186 g/mol. The number of anilines is 1. The van der Waals surface area contributed by atoms with Gasteiger partial charge < -0.3 is 0 Å². The Bertz CT molecular complexity index is 423. The van der Waals surface area contributed by atoms with Gasteiger partial charge in [-0.25, -0.2) is 0 Å². The fraction of sp³-hybridized carbons (Fsp3) is 0. The van der Waals surface area contributed by atoms with E-state index in [4.69, 9.17) is 0 Å². The van der Waals surface area contributed by atoms with Crippen LogP contribution in [0, 0.1) is 0 Å². The van der Waals surface area contributed by atoms with Crippen LogP contribution in [0.2, 0.25) is 0 Å². The summed E-state index contributed by atoms with van der Waals surface area (Å²) in [4.78, 5) is 3.97. The second kappa shape index (κ2) is 4.91.